The smallest absolute Gasteiger partial charge is 0.260 e. The first-order valence-electron chi connectivity index (χ1n) is 9.87. The largest absolute Gasteiger partial charge is 0.490 e. The molecule has 4 rings (SSSR count). The van der Waals surface area contributed by atoms with Crippen LogP contribution in [0.4, 0.5) is 0 Å². The number of rotatable bonds is 6. The number of para-hydroxylation sites is 2. The lowest BCUT2D eigenvalue weighted by atomic mass is 10.1. The average molecular weight is 379 g/mol. The van der Waals surface area contributed by atoms with E-state index in [9.17, 15) is 4.79 Å². The fourth-order valence-electron chi connectivity index (χ4n) is 3.51. The van der Waals surface area contributed by atoms with Gasteiger partial charge in [-0.3, -0.25) is 4.79 Å². The number of carbonyl (C=O) groups excluding carboxylic acids is 1. The molecule has 0 unspecified atom stereocenters. The SMILES string of the molecule is CCOc1cc(-c2nc3ccccc3[nH]2)ccc1OCC(=O)N1CCCCC1. The second-order valence-corrected chi connectivity index (χ2v) is 6.93. The van der Waals surface area contributed by atoms with Crippen LogP contribution in [0.5, 0.6) is 11.5 Å². The second kappa shape index (κ2) is 8.33. The Morgan fingerprint density at radius 1 is 1.07 bits per heavy atom. The number of amides is 1. The maximum absolute atomic E-state index is 12.4. The molecule has 1 amide bonds. The number of H-pyrrole nitrogens is 1. The third-order valence-electron chi connectivity index (χ3n) is 4.97. The molecule has 0 atom stereocenters. The Morgan fingerprint density at radius 3 is 2.68 bits per heavy atom. The number of carbonyl (C=O) groups is 1. The van der Waals surface area contributed by atoms with E-state index >= 15 is 0 Å². The zero-order valence-corrected chi connectivity index (χ0v) is 16.1. The van der Waals surface area contributed by atoms with Gasteiger partial charge in [0.05, 0.1) is 17.6 Å². The lowest BCUT2D eigenvalue weighted by Crippen LogP contribution is -2.38. The quantitative estimate of drug-likeness (QED) is 0.702. The molecule has 1 N–H and O–H groups in total. The number of aromatic nitrogens is 2. The molecule has 1 saturated heterocycles. The number of nitrogens with zero attached hydrogens (tertiary/aromatic N) is 2. The highest BCUT2D eigenvalue weighted by atomic mass is 16.5. The summed E-state index contributed by atoms with van der Waals surface area (Å²) in [5.41, 5.74) is 2.82. The lowest BCUT2D eigenvalue weighted by molar-refractivity contribution is -0.134. The van der Waals surface area contributed by atoms with Gasteiger partial charge in [0.25, 0.3) is 5.91 Å². The first-order valence-corrected chi connectivity index (χ1v) is 9.87. The van der Waals surface area contributed by atoms with Gasteiger partial charge in [-0.25, -0.2) is 4.98 Å². The zero-order chi connectivity index (χ0) is 19.3. The fourth-order valence-corrected chi connectivity index (χ4v) is 3.51. The normalized spacial score (nSPS) is 14.2. The maximum atomic E-state index is 12.4. The minimum Gasteiger partial charge on any atom is -0.490 e. The van der Waals surface area contributed by atoms with Crippen molar-refractivity contribution in [3.63, 3.8) is 0 Å². The summed E-state index contributed by atoms with van der Waals surface area (Å²) in [6.45, 7) is 4.12. The average Bonchev–Trinajstić information content (AvgIpc) is 3.18. The molecule has 2 aromatic carbocycles. The van der Waals surface area contributed by atoms with Gasteiger partial charge in [-0.2, -0.15) is 0 Å². The van der Waals surface area contributed by atoms with Crippen LogP contribution in [0, 0.1) is 0 Å². The number of benzene rings is 2. The van der Waals surface area contributed by atoms with Crippen LogP contribution in [0.3, 0.4) is 0 Å². The maximum Gasteiger partial charge on any atom is 0.260 e. The summed E-state index contributed by atoms with van der Waals surface area (Å²) in [6.07, 6.45) is 3.34. The molecule has 146 valence electrons. The lowest BCUT2D eigenvalue weighted by Gasteiger charge is -2.26. The summed E-state index contributed by atoms with van der Waals surface area (Å²) in [7, 11) is 0. The Morgan fingerprint density at radius 2 is 1.89 bits per heavy atom. The molecular weight excluding hydrogens is 354 g/mol. The van der Waals surface area contributed by atoms with E-state index in [1.807, 2.05) is 54.3 Å². The van der Waals surface area contributed by atoms with Crippen molar-refractivity contribution in [3.05, 3.63) is 42.5 Å². The van der Waals surface area contributed by atoms with Gasteiger partial charge in [-0.05, 0) is 56.5 Å². The molecule has 0 spiro atoms. The monoisotopic (exact) mass is 379 g/mol. The summed E-state index contributed by atoms with van der Waals surface area (Å²) in [5.74, 6) is 2.00. The summed E-state index contributed by atoms with van der Waals surface area (Å²) < 4.78 is 11.6. The molecule has 6 heteroatoms. The topological polar surface area (TPSA) is 67.5 Å². The standard InChI is InChI=1S/C22H25N3O3/c1-2-27-20-14-16(22-23-17-8-4-5-9-18(17)24-22)10-11-19(20)28-15-21(26)25-12-6-3-7-13-25/h4-5,8-11,14H,2-3,6-7,12-13,15H2,1H3,(H,23,24). The van der Waals surface area contributed by atoms with E-state index in [-0.39, 0.29) is 12.5 Å². The predicted octanol–water partition coefficient (Wildman–Crippen LogP) is 4.02. The Kier molecular flexibility index (Phi) is 5.46. The van der Waals surface area contributed by atoms with Gasteiger partial charge in [0.2, 0.25) is 0 Å². The number of aromatic amines is 1. The van der Waals surface area contributed by atoms with E-state index in [4.69, 9.17) is 9.47 Å². The van der Waals surface area contributed by atoms with Crippen molar-refractivity contribution in [2.45, 2.75) is 26.2 Å². The summed E-state index contributed by atoms with van der Waals surface area (Å²) in [5, 5.41) is 0. The second-order valence-electron chi connectivity index (χ2n) is 6.93. The molecule has 6 nitrogen and oxygen atoms in total. The van der Waals surface area contributed by atoms with E-state index in [2.05, 4.69) is 9.97 Å². The van der Waals surface area contributed by atoms with Crippen molar-refractivity contribution >= 4 is 16.9 Å². The number of hydrogen-bond donors (Lipinski definition) is 1. The van der Waals surface area contributed by atoms with E-state index in [0.717, 1.165) is 48.4 Å². The van der Waals surface area contributed by atoms with Gasteiger partial charge in [-0.15, -0.1) is 0 Å². The predicted molar refractivity (Wildman–Crippen MR) is 109 cm³/mol. The molecule has 0 aliphatic carbocycles. The minimum atomic E-state index is 0.0310. The number of imidazole rings is 1. The van der Waals surface area contributed by atoms with Crippen molar-refractivity contribution < 1.29 is 14.3 Å². The number of likely N-dealkylation sites (tertiary alicyclic amines) is 1. The van der Waals surface area contributed by atoms with Crippen LogP contribution in [0.15, 0.2) is 42.5 Å². The Labute approximate surface area is 164 Å². The fraction of sp³-hybridized carbons (Fsp3) is 0.364. The number of piperidine rings is 1. The van der Waals surface area contributed by atoms with Gasteiger partial charge in [0.1, 0.15) is 5.82 Å². The van der Waals surface area contributed by atoms with Crippen LogP contribution in [0.1, 0.15) is 26.2 Å². The van der Waals surface area contributed by atoms with Crippen LogP contribution in [0.2, 0.25) is 0 Å². The third kappa shape index (κ3) is 3.96. The van der Waals surface area contributed by atoms with Gasteiger partial charge in [0.15, 0.2) is 18.1 Å². The number of fused-ring (bicyclic) bond motifs is 1. The van der Waals surface area contributed by atoms with Gasteiger partial charge < -0.3 is 19.4 Å². The van der Waals surface area contributed by atoms with Crippen molar-refractivity contribution in [2.75, 3.05) is 26.3 Å². The van der Waals surface area contributed by atoms with Gasteiger partial charge in [0, 0.05) is 18.7 Å². The van der Waals surface area contributed by atoms with E-state index in [1.54, 1.807) is 0 Å². The van der Waals surface area contributed by atoms with Crippen molar-refractivity contribution in [3.8, 4) is 22.9 Å². The number of nitrogens with one attached hydrogen (secondary N) is 1. The Bertz CT molecular complexity index is 928. The Balaban J connectivity index is 1.52. The van der Waals surface area contributed by atoms with Gasteiger partial charge in [-0.1, -0.05) is 12.1 Å². The molecule has 1 fully saturated rings. The molecule has 28 heavy (non-hydrogen) atoms. The minimum absolute atomic E-state index is 0.0310. The van der Waals surface area contributed by atoms with Crippen molar-refractivity contribution in [1.29, 1.82) is 0 Å². The summed E-state index contributed by atoms with van der Waals surface area (Å²) in [6, 6.07) is 13.6. The third-order valence-corrected chi connectivity index (χ3v) is 4.97. The van der Waals surface area contributed by atoms with Crippen LogP contribution in [-0.2, 0) is 4.79 Å². The molecule has 0 saturated carbocycles. The first-order chi connectivity index (χ1) is 13.7. The highest BCUT2D eigenvalue weighted by molar-refractivity contribution is 5.80. The summed E-state index contributed by atoms with van der Waals surface area (Å²) in [4.78, 5) is 22.2. The van der Waals surface area contributed by atoms with Crippen molar-refractivity contribution in [2.24, 2.45) is 0 Å². The Hall–Kier alpha value is -3.02. The number of hydrogen-bond acceptors (Lipinski definition) is 4. The van der Waals surface area contributed by atoms with Crippen LogP contribution >= 0.6 is 0 Å². The van der Waals surface area contributed by atoms with E-state index < -0.39 is 0 Å². The van der Waals surface area contributed by atoms with E-state index in [0.29, 0.717) is 18.1 Å². The molecule has 2 heterocycles. The highest BCUT2D eigenvalue weighted by Crippen LogP contribution is 2.32. The van der Waals surface area contributed by atoms with Crippen LogP contribution < -0.4 is 9.47 Å². The molecule has 1 aliphatic heterocycles. The molecule has 3 aromatic rings. The zero-order valence-electron chi connectivity index (χ0n) is 16.1. The molecular formula is C22H25N3O3. The molecule has 1 aromatic heterocycles. The van der Waals surface area contributed by atoms with E-state index in [1.165, 1.54) is 6.42 Å². The first kappa shape index (κ1) is 18.3. The highest BCUT2D eigenvalue weighted by Gasteiger charge is 2.18. The van der Waals surface area contributed by atoms with Crippen LogP contribution in [0.25, 0.3) is 22.4 Å². The number of ether oxygens (including phenoxy) is 2. The van der Waals surface area contributed by atoms with Crippen molar-refractivity contribution in [1.82, 2.24) is 14.9 Å². The van der Waals surface area contributed by atoms with Gasteiger partial charge >= 0.3 is 0 Å². The molecule has 0 radical (unpaired) electrons. The van der Waals surface area contributed by atoms with Crippen LogP contribution in [-0.4, -0.2) is 47.1 Å². The molecule has 0 bridgehead atoms. The molecule has 1 aliphatic rings. The summed E-state index contributed by atoms with van der Waals surface area (Å²) >= 11 is 0.